The summed E-state index contributed by atoms with van der Waals surface area (Å²) >= 11 is 0. The Morgan fingerprint density at radius 2 is 1.80 bits per heavy atom. The van der Waals surface area contributed by atoms with Gasteiger partial charge >= 0.3 is 0 Å². The van der Waals surface area contributed by atoms with Gasteiger partial charge in [0.2, 0.25) is 5.91 Å². The topological polar surface area (TPSA) is 58.4 Å². The van der Waals surface area contributed by atoms with Crippen LogP contribution in [0.1, 0.15) is 24.4 Å². The number of piperidine rings is 1. The zero-order chi connectivity index (χ0) is 16.2. The second-order valence-electron chi connectivity index (χ2n) is 6.48. The van der Waals surface area contributed by atoms with Crippen LogP contribution in [0.3, 0.4) is 0 Å². The average molecular weight is 384 g/mol. The van der Waals surface area contributed by atoms with Crippen molar-refractivity contribution in [2.24, 2.45) is 11.7 Å². The smallest absolute Gasteiger partial charge is 0.223 e. The fourth-order valence-corrected chi connectivity index (χ4v) is 3.26. The molecule has 2 aromatic rings. The molecular weight excluding hydrogens is 357 g/mol. The first-order valence-corrected chi connectivity index (χ1v) is 8.35. The van der Waals surface area contributed by atoms with Crippen LogP contribution in [0.25, 0.3) is 10.8 Å². The third-order valence-electron chi connectivity index (χ3n) is 4.82. The van der Waals surface area contributed by atoms with E-state index in [0.717, 1.165) is 31.5 Å². The summed E-state index contributed by atoms with van der Waals surface area (Å²) in [7, 11) is 2.10. The molecule has 0 spiro atoms. The van der Waals surface area contributed by atoms with Gasteiger partial charge in [-0.15, -0.1) is 24.8 Å². The summed E-state index contributed by atoms with van der Waals surface area (Å²) in [6.45, 7) is 2.39. The SMILES string of the molecule is CN1CCC(C(=O)NC(CN)c2ccc3ccccc3c2)CC1.Cl.Cl. The minimum atomic E-state index is -0.119. The van der Waals surface area contributed by atoms with Gasteiger partial charge in [-0.25, -0.2) is 0 Å². The Balaban J connectivity index is 0.00000156. The number of nitrogens with two attached hydrogens (primary N) is 1. The summed E-state index contributed by atoms with van der Waals surface area (Å²) in [6, 6.07) is 14.4. The number of carbonyl (C=O) groups is 1. The number of amides is 1. The van der Waals surface area contributed by atoms with E-state index in [0.29, 0.717) is 6.54 Å². The van der Waals surface area contributed by atoms with Crippen molar-refractivity contribution in [3.05, 3.63) is 48.0 Å². The van der Waals surface area contributed by atoms with E-state index >= 15 is 0 Å². The third kappa shape index (κ3) is 5.32. The van der Waals surface area contributed by atoms with Crippen LogP contribution in [0.2, 0.25) is 0 Å². The van der Waals surface area contributed by atoms with Gasteiger partial charge in [0.05, 0.1) is 6.04 Å². The van der Waals surface area contributed by atoms with Gasteiger partial charge < -0.3 is 16.0 Å². The molecule has 1 atom stereocenters. The Kier molecular flexibility index (Phi) is 8.66. The summed E-state index contributed by atoms with van der Waals surface area (Å²) in [5.41, 5.74) is 7.00. The maximum atomic E-state index is 12.5. The summed E-state index contributed by atoms with van der Waals surface area (Å²) in [5.74, 6) is 0.252. The Morgan fingerprint density at radius 3 is 2.44 bits per heavy atom. The lowest BCUT2D eigenvalue weighted by Gasteiger charge is -2.29. The number of carbonyl (C=O) groups excluding carboxylic acids is 1. The first-order chi connectivity index (χ1) is 11.2. The first-order valence-electron chi connectivity index (χ1n) is 8.35. The fraction of sp³-hybridized carbons (Fsp3) is 0.421. The van der Waals surface area contributed by atoms with E-state index in [1.807, 2.05) is 12.1 Å². The van der Waals surface area contributed by atoms with E-state index in [1.54, 1.807) is 0 Å². The zero-order valence-electron chi connectivity index (χ0n) is 14.5. The minimum Gasteiger partial charge on any atom is -0.348 e. The summed E-state index contributed by atoms with van der Waals surface area (Å²) in [5, 5.41) is 5.53. The van der Waals surface area contributed by atoms with Crippen molar-refractivity contribution in [1.82, 2.24) is 10.2 Å². The molecule has 0 bridgehead atoms. The molecule has 1 aliphatic rings. The fourth-order valence-electron chi connectivity index (χ4n) is 3.26. The van der Waals surface area contributed by atoms with E-state index in [-0.39, 0.29) is 42.7 Å². The van der Waals surface area contributed by atoms with Crippen LogP contribution in [0.4, 0.5) is 0 Å². The largest absolute Gasteiger partial charge is 0.348 e. The number of hydrogen-bond acceptors (Lipinski definition) is 3. The Bertz CT molecular complexity index is 687. The molecule has 25 heavy (non-hydrogen) atoms. The number of nitrogens with zero attached hydrogens (tertiary/aromatic N) is 1. The highest BCUT2D eigenvalue weighted by Gasteiger charge is 2.25. The summed E-state index contributed by atoms with van der Waals surface area (Å²) in [6.07, 6.45) is 1.86. The van der Waals surface area contributed by atoms with Crippen molar-refractivity contribution >= 4 is 41.5 Å². The van der Waals surface area contributed by atoms with E-state index in [4.69, 9.17) is 5.73 Å². The molecule has 3 N–H and O–H groups in total. The number of halogens is 2. The van der Waals surface area contributed by atoms with Crippen LogP contribution < -0.4 is 11.1 Å². The maximum absolute atomic E-state index is 12.5. The van der Waals surface area contributed by atoms with Crippen molar-refractivity contribution in [2.75, 3.05) is 26.7 Å². The molecule has 2 aromatic carbocycles. The van der Waals surface area contributed by atoms with Crippen LogP contribution in [0, 0.1) is 5.92 Å². The predicted molar refractivity (Wildman–Crippen MR) is 109 cm³/mol. The normalized spacial score (nSPS) is 16.6. The molecule has 1 amide bonds. The van der Waals surface area contributed by atoms with Crippen LogP contribution in [0.15, 0.2) is 42.5 Å². The molecule has 0 saturated carbocycles. The molecule has 3 rings (SSSR count). The number of likely N-dealkylation sites (tertiary alicyclic amines) is 1. The average Bonchev–Trinajstić information content (AvgIpc) is 2.59. The quantitative estimate of drug-likeness (QED) is 0.852. The van der Waals surface area contributed by atoms with Crippen molar-refractivity contribution in [1.29, 1.82) is 0 Å². The number of rotatable bonds is 4. The van der Waals surface area contributed by atoms with Crippen LogP contribution in [0.5, 0.6) is 0 Å². The van der Waals surface area contributed by atoms with E-state index in [1.165, 1.54) is 10.8 Å². The highest BCUT2D eigenvalue weighted by Crippen LogP contribution is 2.22. The van der Waals surface area contributed by atoms with Gasteiger partial charge in [-0.3, -0.25) is 4.79 Å². The molecule has 0 radical (unpaired) electrons. The van der Waals surface area contributed by atoms with Gasteiger partial charge in [-0.1, -0.05) is 36.4 Å². The standard InChI is InChI=1S/C19H25N3O.2ClH/c1-22-10-8-15(9-11-22)19(23)21-18(13-20)17-7-6-14-4-2-3-5-16(14)12-17;;/h2-7,12,15,18H,8-11,13,20H2,1H3,(H,21,23);2*1H. The number of nitrogens with one attached hydrogen (secondary N) is 1. The monoisotopic (exact) mass is 383 g/mol. The van der Waals surface area contributed by atoms with E-state index in [2.05, 4.69) is 47.6 Å². The van der Waals surface area contributed by atoms with Crippen molar-refractivity contribution in [2.45, 2.75) is 18.9 Å². The Labute approximate surface area is 162 Å². The molecule has 1 aliphatic heterocycles. The number of fused-ring (bicyclic) bond motifs is 1. The van der Waals surface area contributed by atoms with Gasteiger partial charge in [0.15, 0.2) is 0 Å². The molecule has 138 valence electrons. The maximum Gasteiger partial charge on any atom is 0.223 e. The molecule has 4 nitrogen and oxygen atoms in total. The van der Waals surface area contributed by atoms with Crippen molar-refractivity contribution in [3.63, 3.8) is 0 Å². The molecule has 1 heterocycles. The summed E-state index contributed by atoms with van der Waals surface area (Å²) < 4.78 is 0. The van der Waals surface area contributed by atoms with Gasteiger partial charge in [-0.2, -0.15) is 0 Å². The lowest BCUT2D eigenvalue weighted by molar-refractivity contribution is -0.127. The number of benzene rings is 2. The van der Waals surface area contributed by atoms with Gasteiger partial charge in [-0.05, 0) is 55.4 Å². The first kappa shape index (κ1) is 21.7. The molecule has 0 aliphatic carbocycles. The van der Waals surface area contributed by atoms with Crippen LogP contribution >= 0.6 is 24.8 Å². The second-order valence-corrected chi connectivity index (χ2v) is 6.48. The van der Waals surface area contributed by atoms with Crippen molar-refractivity contribution < 1.29 is 4.79 Å². The van der Waals surface area contributed by atoms with Crippen LogP contribution in [-0.2, 0) is 4.79 Å². The minimum absolute atomic E-state index is 0. The van der Waals surface area contributed by atoms with Crippen LogP contribution in [-0.4, -0.2) is 37.5 Å². The Morgan fingerprint density at radius 1 is 1.16 bits per heavy atom. The zero-order valence-corrected chi connectivity index (χ0v) is 16.1. The third-order valence-corrected chi connectivity index (χ3v) is 4.82. The molecule has 1 unspecified atom stereocenters. The van der Waals surface area contributed by atoms with E-state index in [9.17, 15) is 4.79 Å². The second kappa shape index (κ2) is 9.97. The predicted octanol–water partition coefficient (Wildman–Crippen LogP) is 3.14. The highest BCUT2D eigenvalue weighted by molar-refractivity contribution is 5.86. The molecule has 1 saturated heterocycles. The molecule has 1 fully saturated rings. The molecular formula is C19H27Cl2N3O. The summed E-state index contributed by atoms with van der Waals surface area (Å²) in [4.78, 5) is 14.8. The molecule has 6 heteroatoms. The van der Waals surface area contributed by atoms with Gasteiger partial charge in [0.25, 0.3) is 0 Å². The lowest BCUT2D eigenvalue weighted by Crippen LogP contribution is -2.41. The van der Waals surface area contributed by atoms with E-state index < -0.39 is 0 Å². The number of hydrogen-bond donors (Lipinski definition) is 2. The van der Waals surface area contributed by atoms with Gasteiger partial charge in [0.1, 0.15) is 0 Å². The Hall–Kier alpha value is -1.33. The highest BCUT2D eigenvalue weighted by atomic mass is 35.5. The molecule has 0 aromatic heterocycles. The van der Waals surface area contributed by atoms with Crippen molar-refractivity contribution in [3.8, 4) is 0 Å². The van der Waals surface area contributed by atoms with Gasteiger partial charge in [0, 0.05) is 12.5 Å². The lowest BCUT2D eigenvalue weighted by atomic mass is 9.95.